The fraction of sp³-hybridized carbons (Fsp3) is 0.273. The molecule has 0 bridgehead atoms. The van der Waals surface area contributed by atoms with Crippen LogP contribution in [0.25, 0.3) is 11.0 Å². The summed E-state index contributed by atoms with van der Waals surface area (Å²) in [5.74, 6) is -0.858. The third kappa shape index (κ3) is 5.28. The molecule has 0 unspecified atom stereocenters. The number of amides is 2. The molecule has 0 atom stereocenters. The van der Waals surface area contributed by atoms with Gasteiger partial charge in [0.1, 0.15) is 18.1 Å². The van der Waals surface area contributed by atoms with Crippen molar-refractivity contribution in [3.05, 3.63) is 76.0 Å². The van der Waals surface area contributed by atoms with Crippen LogP contribution >= 0.6 is 0 Å². The Morgan fingerprint density at radius 3 is 2.50 bits per heavy atom. The van der Waals surface area contributed by atoms with Gasteiger partial charge < -0.3 is 10.6 Å². The van der Waals surface area contributed by atoms with E-state index < -0.39 is 5.56 Å². The Hall–Kier alpha value is -3.55. The van der Waals surface area contributed by atoms with Crippen molar-refractivity contribution < 1.29 is 14.0 Å². The van der Waals surface area contributed by atoms with Gasteiger partial charge in [-0.2, -0.15) is 0 Å². The highest BCUT2D eigenvalue weighted by Crippen LogP contribution is 2.11. The van der Waals surface area contributed by atoms with Gasteiger partial charge in [0, 0.05) is 25.9 Å². The van der Waals surface area contributed by atoms with Crippen LogP contribution < -0.4 is 16.2 Å². The van der Waals surface area contributed by atoms with Gasteiger partial charge in [-0.3, -0.25) is 19.0 Å². The smallest absolute Gasteiger partial charge is 0.273 e. The van der Waals surface area contributed by atoms with Crippen molar-refractivity contribution >= 4 is 22.8 Å². The summed E-state index contributed by atoms with van der Waals surface area (Å²) in [5.41, 5.74) is 1.72. The molecular formula is C22H23FN4O3. The monoisotopic (exact) mass is 410 g/mol. The molecule has 0 radical (unpaired) electrons. The largest absolute Gasteiger partial charge is 0.356 e. The van der Waals surface area contributed by atoms with Crippen molar-refractivity contribution in [3.63, 3.8) is 0 Å². The Bertz CT molecular complexity index is 1110. The van der Waals surface area contributed by atoms with Crippen molar-refractivity contribution in [2.75, 3.05) is 6.54 Å². The maximum atomic E-state index is 13.0. The molecule has 8 heteroatoms. The molecule has 7 nitrogen and oxygen atoms in total. The number of rotatable bonds is 8. The number of aromatic nitrogens is 2. The lowest BCUT2D eigenvalue weighted by Crippen LogP contribution is -2.34. The topological polar surface area (TPSA) is 93.1 Å². The Kier molecular flexibility index (Phi) is 6.90. The Morgan fingerprint density at radius 1 is 1.03 bits per heavy atom. The number of para-hydroxylation sites is 2. The number of aryl methyl sites for hydroxylation is 1. The minimum atomic E-state index is -0.394. The van der Waals surface area contributed by atoms with Crippen molar-refractivity contribution in [1.29, 1.82) is 0 Å². The van der Waals surface area contributed by atoms with E-state index in [1.54, 1.807) is 36.4 Å². The predicted octanol–water partition coefficient (Wildman–Crippen LogP) is 1.92. The first-order chi connectivity index (χ1) is 14.5. The summed E-state index contributed by atoms with van der Waals surface area (Å²) in [6.45, 7) is 2.38. The van der Waals surface area contributed by atoms with Gasteiger partial charge in [-0.15, -0.1) is 0 Å². The average Bonchev–Trinajstić information content (AvgIpc) is 2.74. The van der Waals surface area contributed by atoms with Gasteiger partial charge in [0.15, 0.2) is 0 Å². The number of carbonyl (C=O) groups is 2. The van der Waals surface area contributed by atoms with Gasteiger partial charge in [0.05, 0.1) is 11.0 Å². The molecule has 30 heavy (non-hydrogen) atoms. The molecule has 1 aromatic heterocycles. The molecule has 2 aromatic carbocycles. The van der Waals surface area contributed by atoms with Gasteiger partial charge in [0.2, 0.25) is 11.8 Å². The number of halogens is 1. The Balaban J connectivity index is 1.79. The molecule has 0 aliphatic rings. The van der Waals surface area contributed by atoms with E-state index in [0.717, 1.165) is 5.56 Å². The number of benzene rings is 2. The van der Waals surface area contributed by atoms with E-state index >= 15 is 0 Å². The number of fused-ring (bicyclic) bond motifs is 1. The van der Waals surface area contributed by atoms with Gasteiger partial charge in [-0.25, -0.2) is 9.37 Å². The maximum Gasteiger partial charge on any atom is 0.273 e. The van der Waals surface area contributed by atoms with Crippen molar-refractivity contribution in [1.82, 2.24) is 20.2 Å². The van der Waals surface area contributed by atoms with Crippen molar-refractivity contribution in [2.45, 2.75) is 32.9 Å². The second-order valence-electron chi connectivity index (χ2n) is 6.80. The van der Waals surface area contributed by atoms with E-state index in [9.17, 15) is 18.8 Å². The van der Waals surface area contributed by atoms with Gasteiger partial charge >= 0.3 is 0 Å². The third-order valence-electron chi connectivity index (χ3n) is 4.59. The van der Waals surface area contributed by atoms with Crippen molar-refractivity contribution in [3.8, 4) is 0 Å². The molecule has 0 aliphatic carbocycles. The first-order valence-corrected chi connectivity index (χ1v) is 9.74. The molecular weight excluding hydrogens is 387 g/mol. The van der Waals surface area contributed by atoms with Crippen LogP contribution in [0.2, 0.25) is 0 Å². The number of carbonyl (C=O) groups excluding carboxylic acids is 2. The van der Waals surface area contributed by atoms with Crippen LogP contribution in [0.5, 0.6) is 0 Å². The van der Waals surface area contributed by atoms with Crippen LogP contribution in [-0.2, 0) is 29.1 Å². The molecule has 3 rings (SSSR count). The molecule has 0 fully saturated rings. The number of nitrogens with zero attached hydrogens (tertiary/aromatic N) is 2. The normalized spacial score (nSPS) is 10.7. The third-order valence-corrected chi connectivity index (χ3v) is 4.59. The number of nitrogens with one attached hydrogen (secondary N) is 2. The number of hydrogen-bond donors (Lipinski definition) is 2. The quantitative estimate of drug-likeness (QED) is 0.593. The van der Waals surface area contributed by atoms with Gasteiger partial charge in [-0.05, 0) is 36.8 Å². The second-order valence-corrected chi connectivity index (χ2v) is 6.80. The van der Waals surface area contributed by atoms with Crippen LogP contribution in [0.4, 0.5) is 4.39 Å². The van der Waals surface area contributed by atoms with Crippen molar-refractivity contribution in [2.24, 2.45) is 0 Å². The van der Waals surface area contributed by atoms with Crippen LogP contribution in [-0.4, -0.2) is 27.9 Å². The van der Waals surface area contributed by atoms with E-state index in [-0.39, 0.29) is 49.3 Å². The SMILES string of the molecule is CCNC(=O)CCc1nc2ccccc2n(CC(=O)NCc2ccc(F)cc2)c1=O. The van der Waals surface area contributed by atoms with Gasteiger partial charge in [0.25, 0.3) is 5.56 Å². The summed E-state index contributed by atoms with van der Waals surface area (Å²) in [6.07, 6.45) is 0.331. The van der Waals surface area contributed by atoms with Crippen LogP contribution in [0.3, 0.4) is 0 Å². The minimum Gasteiger partial charge on any atom is -0.356 e. The predicted molar refractivity (Wildman–Crippen MR) is 111 cm³/mol. The summed E-state index contributed by atoms with van der Waals surface area (Å²) in [7, 11) is 0. The first kappa shape index (κ1) is 21.2. The Labute approximate surface area is 172 Å². The van der Waals surface area contributed by atoms with Crippen LogP contribution in [0, 0.1) is 5.82 Å². The zero-order valence-electron chi connectivity index (χ0n) is 16.7. The fourth-order valence-electron chi connectivity index (χ4n) is 3.09. The zero-order chi connectivity index (χ0) is 21.5. The van der Waals surface area contributed by atoms with Gasteiger partial charge in [-0.1, -0.05) is 24.3 Å². The van der Waals surface area contributed by atoms with E-state index in [1.807, 2.05) is 6.92 Å². The highest BCUT2D eigenvalue weighted by atomic mass is 19.1. The molecule has 2 amide bonds. The summed E-state index contributed by atoms with van der Waals surface area (Å²) in [5, 5.41) is 5.43. The minimum absolute atomic E-state index is 0.144. The fourth-order valence-corrected chi connectivity index (χ4v) is 3.09. The highest BCUT2D eigenvalue weighted by molar-refractivity contribution is 5.80. The Morgan fingerprint density at radius 2 is 1.77 bits per heavy atom. The second kappa shape index (κ2) is 9.78. The summed E-state index contributed by atoms with van der Waals surface area (Å²) >= 11 is 0. The molecule has 0 aliphatic heterocycles. The molecule has 3 aromatic rings. The molecule has 2 N–H and O–H groups in total. The lowest BCUT2D eigenvalue weighted by molar-refractivity contribution is -0.122. The van der Waals surface area contributed by atoms with Crippen LogP contribution in [0.15, 0.2) is 53.3 Å². The molecule has 0 saturated carbocycles. The van der Waals surface area contributed by atoms with E-state index in [1.165, 1.54) is 16.7 Å². The summed E-state index contributed by atoms with van der Waals surface area (Å²) in [4.78, 5) is 41.6. The molecule has 0 spiro atoms. The molecule has 156 valence electrons. The van der Waals surface area contributed by atoms with E-state index in [4.69, 9.17) is 0 Å². The first-order valence-electron chi connectivity index (χ1n) is 9.74. The highest BCUT2D eigenvalue weighted by Gasteiger charge is 2.14. The standard InChI is InChI=1S/C22H23FN4O3/c1-2-24-20(28)12-11-18-22(30)27(19-6-4-3-5-17(19)26-18)14-21(29)25-13-15-7-9-16(23)10-8-15/h3-10H,2,11-14H2,1H3,(H,24,28)(H,25,29). The van der Waals surface area contributed by atoms with Crippen LogP contribution in [0.1, 0.15) is 24.6 Å². The van der Waals surface area contributed by atoms with E-state index in [2.05, 4.69) is 15.6 Å². The zero-order valence-corrected chi connectivity index (χ0v) is 16.7. The van der Waals surface area contributed by atoms with E-state index in [0.29, 0.717) is 17.6 Å². The maximum absolute atomic E-state index is 13.0. The average molecular weight is 410 g/mol. The molecule has 0 saturated heterocycles. The summed E-state index contributed by atoms with van der Waals surface area (Å²) < 4.78 is 14.4. The molecule has 1 heterocycles. The number of hydrogen-bond acceptors (Lipinski definition) is 4. The lowest BCUT2D eigenvalue weighted by Gasteiger charge is -2.12. The summed E-state index contributed by atoms with van der Waals surface area (Å²) in [6, 6.07) is 12.9. The lowest BCUT2D eigenvalue weighted by atomic mass is 10.2.